The minimum atomic E-state index is -0.755. The van der Waals surface area contributed by atoms with Crippen LogP contribution >= 0.6 is 11.6 Å². The van der Waals surface area contributed by atoms with Gasteiger partial charge in [0.05, 0.1) is 11.1 Å². The standard InChI is InChI=1S/C8H10ClFN2O/c9-6-1-5(2-7(13)3-11)8(10)12-4-6/h1,4,7,13H,2-3,11H2. The number of hydrogen-bond acceptors (Lipinski definition) is 3. The van der Waals surface area contributed by atoms with Crippen LogP contribution in [-0.2, 0) is 6.42 Å². The van der Waals surface area contributed by atoms with Gasteiger partial charge < -0.3 is 10.8 Å². The molecule has 1 aromatic heterocycles. The van der Waals surface area contributed by atoms with Crippen molar-refractivity contribution < 1.29 is 9.50 Å². The first-order valence-electron chi connectivity index (χ1n) is 3.81. The molecule has 0 aliphatic rings. The van der Waals surface area contributed by atoms with E-state index < -0.39 is 12.1 Å². The Morgan fingerprint density at radius 2 is 2.38 bits per heavy atom. The van der Waals surface area contributed by atoms with Gasteiger partial charge in [-0.2, -0.15) is 4.39 Å². The number of aliphatic hydroxyl groups is 1. The molecule has 72 valence electrons. The van der Waals surface area contributed by atoms with Crippen LogP contribution in [0.3, 0.4) is 0 Å². The monoisotopic (exact) mass is 204 g/mol. The molecule has 0 bridgehead atoms. The summed E-state index contributed by atoms with van der Waals surface area (Å²) in [6.07, 6.45) is 0.597. The van der Waals surface area contributed by atoms with E-state index in [1.54, 1.807) is 0 Å². The molecule has 5 heteroatoms. The molecule has 0 aliphatic carbocycles. The molecule has 0 spiro atoms. The van der Waals surface area contributed by atoms with Gasteiger partial charge in [0, 0.05) is 24.7 Å². The predicted molar refractivity (Wildman–Crippen MR) is 48.0 cm³/mol. The van der Waals surface area contributed by atoms with Gasteiger partial charge in [0.25, 0.3) is 0 Å². The van der Waals surface area contributed by atoms with Gasteiger partial charge in [0.15, 0.2) is 0 Å². The summed E-state index contributed by atoms with van der Waals surface area (Å²) in [7, 11) is 0. The van der Waals surface area contributed by atoms with Crippen LogP contribution in [0.4, 0.5) is 4.39 Å². The van der Waals surface area contributed by atoms with Gasteiger partial charge in [-0.3, -0.25) is 0 Å². The number of hydrogen-bond donors (Lipinski definition) is 2. The molecule has 3 nitrogen and oxygen atoms in total. The van der Waals surface area contributed by atoms with Gasteiger partial charge >= 0.3 is 0 Å². The third-order valence-electron chi connectivity index (χ3n) is 1.61. The smallest absolute Gasteiger partial charge is 0.216 e. The SMILES string of the molecule is NCC(O)Cc1cc(Cl)cnc1F. The zero-order chi connectivity index (χ0) is 9.84. The summed E-state index contributed by atoms with van der Waals surface area (Å²) >= 11 is 5.60. The van der Waals surface area contributed by atoms with Crippen molar-refractivity contribution in [1.29, 1.82) is 0 Å². The summed E-state index contributed by atoms with van der Waals surface area (Å²) < 4.78 is 12.9. The number of aliphatic hydroxyl groups excluding tert-OH is 1. The highest BCUT2D eigenvalue weighted by molar-refractivity contribution is 6.30. The van der Waals surface area contributed by atoms with Crippen molar-refractivity contribution in [1.82, 2.24) is 4.98 Å². The normalized spacial score (nSPS) is 12.9. The third kappa shape index (κ3) is 2.91. The Morgan fingerprint density at radius 1 is 1.69 bits per heavy atom. The van der Waals surface area contributed by atoms with Crippen LogP contribution in [0.25, 0.3) is 0 Å². The fraction of sp³-hybridized carbons (Fsp3) is 0.375. The zero-order valence-corrected chi connectivity index (χ0v) is 7.63. The van der Waals surface area contributed by atoms with Crippen molar-refractivity contribution in [3.63, 3.8) is 0 Å². The summed E-state index contributed by atoms with van der Waals surface area (Å²) in [6, 6.07) is 1.43. The van der Waals surface area contributed by atoms with Crippen molar-refractivity contribution in [2.75, 3.05) is 6.54 Å². The quantitative estimate of drug-likeness (QED) is 0.714. The number of nitrogens with zero attached hydrogens (tertiary/aromatic N) is 1. The summed E-state index contributed by atoms with van der Waals surface area (Å²) in [5.74, 6) is -0.614. The molecule has 0 amide bonds. The molecular weight excluding hydrogens is 195 g/mol. The van der Waals surface area contributed by atoms with Crippen molar-refractivity contribution in [2.45, 2.75) is 12.5 Å². The van der Waals surface area contributed by atoms with Crippen LogP contribution in [0.2, 0.25) is 5.02 Å². The largest absolute Gasteiger partial charge is 0.391 e. The average Bonchev–Trinajstić information content (AvgIpc) is 2.11. The van der Waals surface area contributed by atoms with E-state index in [0.717, 1.165) is 0 Å². The highest BCUT2D eigenvalue weighted by Gasteiger charge is 2.09. The van der Waals surface area contributed by atoms with E-state index in [0.29, 0.717) is 5.02 Å². The lowest BCUT2D eigenvalue weighted by atomic mass is 10.1. The second kappa shape index (κ2) is 4.50. The lowest BCUT2D eigenvalue weighted by Gasteiger charge is -2.07. The van der Waals surface area contributed by atoms with Crippen LogP contribution in [0.15, 0.2) is 12.3 Å². The number of pyridine rings is 1. The van der Waals surface area contributed by atoms with Gasteiger partial charge in [-0.05, 0) is 6.07 Å². The first-order chi connectivity index (χ1) is 6.13. The molecule has 0 aromatic carbocycles. The highest BCUT2D eigenvalue weighted by Crippen LogP contribution is 2.13. The second-order valence-corrected chi connectivity index (χ2v) is 3.13. The van der Waals surface area contributed by atoms with Gasteiger partial charge in [0.1, 0.15) is 0 Å². The zero-order valence-electron chi connectivity index (χ0n) is 6.87. The number of nitrogens with two attached hydrogens (primary N) is 1. The fourth-order valence-corrected chi connectivity index (χ4v) is 1.13. The maximum absolute atomic E-state index is 12.9. The molecule has 0 aliphatic heterocycles. The van der Waals surface area contributed by atoms with Gasteiger partial charge in [-0.15, -0.1) is 0 Å². The lowest BCUT2D eigenvalue weighted by Crippen LogP contribution is -2.22. The summed E-state index contributed by atoms with van der Waals surface area (Å²) in [4.78, 5) is 3.42. The molecule has 3 N–H and O–H groups in total. The minimum absolute atomic E-state index is 0.0892. The van der Waals surface area contributed by atoms with Crippen LogP contribution in [0.5, 0.6) is 0 Å². The molecule has 1 rings (SSSR count). The van der Waals surface area contributed by atoms with E-state index in [4.69, 9.17) is 22.4 Å². The molecule has 0 fully saturated rings. The number of halogens is 2. The average molecular weight is 205 g/mol. The van der Waals surface area contributed by atoms with Crippen LogP contribution in [0, 0.1) is 5.95 Å². The van der Waals surface area contributed by atoms with E-state index in [1.807, 2.05) is 0 Å². The minimum Gasteiger partial charge on any atom is -0.391 e. The Bertz CT molecular complexity index is 295. The maximum atomic E-state index is 12.9. The van der Waals surface area contributed by atoms with E-state index >= 15 is 0 Å². The Labute approximate surface area is 80.3 Å². The summed E-state index contributed by atoms with van der Waals surface area (Å²) in [6.45, 7) is 0.0892. The molecule has 0 saturated heterocycles. The molecule has 1 unspecified atom stereocenters. The van der Waals surface area contributed by atoms with Gasteiger partial charge in [-0.25, -0.2) is 4.98 Å². The van der Waals surface area contributed by atoms with E-state index in [-0.39, 0.29) is 18.5 Å². The number of aromatic nitrogens is 1. The van der Waals surface area contributed by atoms with E-state index in [1.165, 1.54) is 12.3 Å². The van der Waals surface area contributed by atoms with Crippen molar-refractivity contribution in [2.24, 2.45) is 5.73 Å². The second-order valence-electron chi connectivity index (χ2n) is 2.70. The van der Waals surface area contributed by atoms with Crippen molar-refractivity contribution in [3.05, 3.63) is 28.8 Å². The number of rotatable bonds is 3. The Kier molecular flexibility index (Phi) is 3.59. The fourth-order valence-electron chi connectivity index (χ4n) is 0.945. The van der Waals surface area contributed by atoms with Crippen molar-refractivity contribution >= 4 is 11.6 Å². The van der Waals surface area contributed by atoms with Crippen LogP contribution < -0.4 is 5.73 Å². The third-order valence-corrected chi connectivity index (χ3v) is 1.81. The molecule has 1 aromatic rings. The predicted octanol–water partition coefficient (Wildman–Crippen LogP) is 0.736. The molecule has 13 heavy (non-hydrogen) atoms. The molecule has 0 saturated carbocycles. The molecular formula is C8H10ClFN2O. The van der Waals surface area contributed by atoms with Gasteiger partial charge in [-0.1, -0.05) is 11.6 Å². The molecule has 1 heterocycles. The van der Waals surface area contributed by atoms with Crippen molar-refractivity contribution in [3.8, 4) is 0 Å². The Balaban J connectivity index is 2.81. The topological polar surface area (TPSA) is 59.1 Å². The Hall–Kier alpha value is -0.710. The lowest BCUT2D eigenvalue weighted by molar-refractivity contribution is 0.182. The Morgan fingerprint density at radius 3 is 3.00 bits per heavy atom. The summed E-state index contributed by atoms with van der Waals surface area (Å²) in [5, 5.41) is 9.51. The van der Waals surface area contributed by atoms with Crippen LogP contribution in [-0.4, -0.2) is 22.7 Å². The van der Waals surface area contributed by atoms with Crippen LogP contribution in [0.1, 0.15) is 5.56 Å². The summed E-state index contributed by atoms with van der Waals surface area (Å²) in [5.41, 5.74) is 5.46. The highest BCUT2D eigenvalue weighted by atomic mass is 35.5. The van der Waals surface area contributed by atoms with Gasteiger partial charge in [0.2, 0.25) is 5.95 Å². The molecule has 1 atom stereocenters. The maximum Gasteiger partial charge on any atom is 0.216 e. The first kappa shape index (κ1) is 10.4. The van der Waals surface area contributed by atoms with E-state index in [9.17, 15) is 4.39 Å². The van der Waals surface area contributed by atoms with E-state index in [2.05, 4.69) is 4.98 Å². The first-order valence-corrected chi connectivity index (χ1v) is 4.19. The molecule has 0 radical (unpaired) electrons.